The number of methoxy groups -OCH3 is 1. The van der Waals surface area contributed by atoms with Gasteiger partial charge in [0.2, 0.25) is 0 Å². The van der Waals surface area contributed by atoms with E-state index in [2.05, 4.69) is 14.7 Å². The normalized spacial score (nSPS) is 11.3. The Bertz CT molecular complexity index is 916. The molecule has 0 spiro atoms. The van der Waals surface area contributed by atoms with Crippen molar-refractivity contribution in [3.63, 3.8) is 0 Å². The highest BCUT2D eigenvalue weighted by molar-refractivity contribution is 7.93. The average Bonchev–Trinajstić information content (AvgIpc) is 3.16. The number of hydrogen-bond acceptors (Lipinski definition) is 8. The Labute approximate surface area is 140 Å². The highest BCUT2D eigenvalue weighted by atomic mass is 32.2. The van der Waals surface area contributed by atoms with E-state index in [1.165, 1.54) is 41.9 Å². The third kappa shape index (κ3) is 3.44. The molecule has 0 atom stereocenters. The highest BCUT2D eigenvalue weighted by Gasteiger charge is 2.17. The lowest BCUT2D eigenvalue weighted by molar-refractivity contribution is 0.414. The Morgan fingerprint density at radius 3 is 2.35 bits per heavy atom. The molecule has 0 amide bonds. The molecule has 0 unspecified atom stereocenters. The molecule has 0 aliphatic rings. The van der Waals surface area contributed by atoms with Gasteiger partial charge >= 0.3 is 0 Å². The van der Waals surface area contributed by atoms with E-state index < -0.39 is 10.0 Å². The molecule has 0 saturated carbocycles. The lowest BCUT2D eigenvalue weighted by Crippen LogP contribution is -2.12. The second kappa shape index (κ2) is 6.14. The van der Waals surface area contributed by atoms with Gasteiger partial charge in [-0.1, -0.05) is 0 Å². The zero-order valence-corrected chi connectivity index (χ0v) is 14.3. The van der Waals surface area contributed by atoms with Gasteiger partial charge in [-0.05, 0) is 24.3 Å². The second-order valence-corrected chi connectivity index (χ2v) is 7.82. The van der Waals surface area contributed by atoms with Crippen molar-refractivity contribution in [2.75, 3.05) is 17.6 Å². The minimum absolute atomic E-state index is 0.132. The molecule has 3 aromatic rings. The predicted octanol–water partition coefficient (Wildman–Crippen LogP) is 2.66. The zero-order chi connectivity index (χ0) is 16.4. The summed E-state index contributed by atoms with van der Waals surface area (Å²) in [6.07, 6.45) is 0. The van der Waals surface area contributed by atoms with Gasteiger partial charge in [0.05, 0.1) is 12.0 Å². The van der Waals surface area contributed by atoms with Crippen molar-refractivity contribution in [3.05, 3.63) is 35.0 Å². The van der Waals surface area contributed by atoms with E-state index in [0.29, 0.717) is 22.3 Å². The number of aromatic nitrogens is 2. The van der Waals surface area contributed by atoms with Gasteiger partial charge in [0, 0.05) is 10.8 Å². The summed E-state index contributed by atoms with van der Waals surface area (Å²) in [4.78, 5) is 8.48. The molecule has 7 nitrogen and oxygen atoms in total. The topological polar surface area (TPSA) is 107 Å². The number of nitrogens with zero attached hydrogens (tertiary/aromatic N) is 2. The SMILES string of the molecule is COc1ccc(S(=O)(=O)Nc2nc(-c3csc(N)n3)cs2)cc1. The van der Waals surface area contributed by atoms with E-state index in [4.69, 9.17) is 10.5 Å². The van der Waals surface area contributed by atoms with Gasteiger partial charge < -0.3 is 10.5 Å². The Balaban J connectivity index is 1.81. The molecule has 1 aromatic carbocycles. The van der Waals surface area contributed by atoms with Crippen LogP contribution in [0.3, 0.4) is 0 Å². The first-order valence-electron chi connectivity index (χ1n) is 6.32. The van der Waals surface area contributed by atoms with E-state index in [1.54, 1.807) is 22.9 Å². The smallest absolute Gasteiger partial charge is 0.263 e. The monoisotopic (exact) mass is 368 g/mol. The summed E-state index contributed by atoms with van der Waals surface area (Å²) in [5.41, 5.74) is 6.79. The number of anilines is 2. The van der Waals surface area contributed by atoms with Crippen LogP contribution in [0.5, 0.6) is 5.75 Å². The summed E-state index contributed by atoms with van der Waals surface area (Å²) in [5.74, 6) is 0.585. The molecule has 0 aliphatic carbocycles. The molecule has 0 fully saturated rings. The Morgan fingerprint density at radius 1 is 1.09 bits per heavy atom. The molecule has 0 bridgehead atoms. The fraction of sp³-hybridized carbons (Fsp3) is 0.0769. The van der Waals surface area contributed by atoms with Crippen LogP contribution in [0.2, 0.25) is 0 Å². The Kier molecular flexibility index (Phi) is 4.20. The average molecular weight is 368 g/mol. The Morgan fingerprint density at radius 2 is 1.74 bits per heavy atom. The molecule has 2 aromatic heterocycles. The summed E-state index contributed by atoms with van der Waals surface area (Å²) in [6.45, 7) is 0. The van der Waals surface area contributed by atoms with Crippen LogP contribution in [0.25, 0.3) is 11.4 Å². The van der Waals surface area contributed by atoms with Gasteiger partial charge in [-0.2, -0.15) is 0 Å². The number of sulfonamides is 1. The molecular formula is C13H12N4O3S3. The van der Waals surface area contributed by atoms with Crippen molar-refractivity contribution < 1.29 is 13.2 Å². The van der Waals surface area contributed by atoms with Gasteiger partial charge in [-0.15, -0.1) is 22.7 Å². The van der Waals surface area contributed by atoms with Crippen LogP contribution in [0.15, 0.2) is 39.9 Å². The molecule has 10 heteroatoms. The predicted molar refractivity (Wildman–Crippen MR) is 91.4 cm³/mol. The molecule has 3 N–H and O–H groups in total. The van der Waals surface area contributed by atoms with Crippen molar-refractivity contribution >= 4 is 43.0 Å². The summed E-state index contributed by atoms with van der Waals surface area (Å²) in [5, 5.41) is 4.20. The van der Waals surface area contributed by atoms with Gasteiger partial charge in [0.25, 0.3) is 10.0 Å². The lowest BCUT2D eigenvalue weighted by Gasteiger charge is -2.06. The van der Waals surface area contributed by atoms with E-state index >= 15 is 0 Å². The number of hydrogen-bond donors (Lipinski definition) is 2. The quantitative estimate of drug-likeness (QED) is 0.717. The third-order valence-electron chi connectivity index (χ3n) is 2.88. The van der Waals surface area contributed by atoms with Crippen molar-refractivity contribution in [1.82, 2.24) is 9.97 Å². The van der Waals surface area contributed by atoms with Gasteiger partial charge in [0.15, 0.2) is 10.3 Å². The van der Waals surface area contributed by atoms with E-state index in [1.807, 2.05) is 0 Å². The van der Waals surface area contributed by atoms with E-state index in [-0.39, 0.29) is 10.0 Å². The Hall–Kier alpha value is -2.17. The maximum absolute atomic E-state index is 12.3. The molecule has 0 saturated heterocycles. The van der Waals surface area contributed by atoms with Crippen molar-refractivity contribution in [2.45, 2.75) is 4.90 Å². The molecule has 3 rings (SSSR count). The van der Waals surface area contributed by atoms with Crippen LogP contribution in [0, 0.1) is 0 Å². The van der Waals surface area contributed by atoms with Gasteiger partial charge in [-0.3, -0.25) is 4.72 Å². The first-order valence-corrected chi connectivity index (χ1v) is 9.56. The number of thiazole rings is 2. The molecule has 23 heavy (non-hydrogen) atoms. The first kappa shape index (κ1) is 15.7. The van der Waals surface area contributed by atoms with Crippen LogP contribution < -0.4 is 15.2 Å². The third-order valence-corrected chi connectivity index (χ3v) is 5.80. The number of nitrogens with one attached hydrogen (secondary N) is 1. The summed E-state index contributed by atoms with van der Waals surface area (Å²) < 4.78 is 32.1. The van der Waals surface area contributed by atoms with E-state index in [9.17, 15) is 8.42 Å². The first-order chi connectivity index (χ1) is 11.0. The fourth-order valence-electron chi connectivity index (χ4n) is 1.77. The zero-order valence-electron chi connectivity index (χ0n) is 11.9. The summed E-state index contributed by atoms with van der Waals surface area (Å²) in [7, 11) is -2.18. The van der Waals surface area contributed by atoms with Crippen molar-refractivity contribution in [3.8, 4) is 17.1 Å². The summed E-state index contributed by atoms with van der Waals surface area (Å²) >= 11 is 2.48. The molecule has 0 aliphatic heterocycles. The molecule has 0 radical (unpaired) electrons. The maximum Gasteiger partial charge on any atom is 0.263 e. The fourth-order valence-corrected chi connectivity index (χ4v) is 4.29. The van der Waals surface area contributed by atoms with Gasteiger partial charge in [0.1, 0.15) is 17.1 Å². The lowest BCUT2D eigenvalue weighted by atomic mass is 10.3. The van der Waals surface area contributed by atoms with Crippen LogP contribution in [0.4, 0.5) is 10.3 Å². The van der Waals surface area contributed by atoms with Crippen molar-refractivity contribution in [1.29, 1.82) is 0 Å². The molecular weight excluding hydrogens is 356 g/mol. The number of benzene rings is 1. The molecule has 120 valence electrons. The number of nitrogens with two attached hydrogens (primary N) is 1. The minimum Gasteiger partial charge on any atom is -0.497 e. The number of nitrogen functional groups attached to an aromatic ring is 1. The van der Waals surface area contributed by atoms with Crippen LogP contribution in [0.1, 0.15) is 0 Å². The highest BCUT2D eigenvalue weighted by Crippen LogP contribution is 2.28. The standard InChI is InChI=1S/C13H12N4O3S3/c1-20-8-2-4-9(5-3-8)23(18,19)17-13-16-11(7-22-13)10-6-21-12(14)15-10/h2-7H,1H3,(H2,14,15)(H,16,17). The number of rotatable bonds is 5. The van der Waals surface area contributed by atoms with Crippen LogP contribution in [-0.4, -0.2) is 25.5 Å². The van der Waals surface area contributed by atoms with Crippen LogP contribution in [-0.2, 0) is 10.0 Å². The van der Waals surface area contributed by atoms with Gasteiger partial charge in [-0.25, -0.2) is 18.4 Å². The minimum atomic E-state index is -3.70. The summed E-state index contributed by atoms with van der Waals surface area (Å²) in [6, 6.07) is 6.10. The second-order valence-electron chi connectivity index (χ2n) is 4.39. The molecule has 2 heterocycles. The maximum atomic E-state index is 12.3. The van der Waals surface area contributed by atoms with Crippen molar-refractivity contribution in [2.24, 2.45) is 0 Å². The largest absolute Gasteiger partial charge is 0.497 e. The van der Waals surface area contributed by atoms with Crippen LogP contribution >= 0.6 is 22.7 Å². The van der Waals surface area contributed by atoms with E-state index in [0.717, 1.165) is 0 Å². The number of ether oxygens (including phenoxy) is 1.